The van der Waals surface area contributed by atoms with Crippen molar-refractivity contribution in [2.75, 3.05) is 0 Å². The molecule has 1 aromatic carbocycles. The second-order valence-electron chi connectivity index (χ2n) is 4.24. The van der Waals surface area contributed by atoms with Crippen molar-refractivity contribution in [3.8, 4) is 0 Å². The number of carbonyl (C=O) groups is 1. The van der Waals surface area contributed by atoms with Crippen LogP contribution >= 0.6 is 11.6 Å². The van der Waals surface area contributed by atoms with Crippen molar-refractivity contribution in [1.29, 1.82) is 0 Å². The van der Waals surface area contributed by atoms with E-state index in [4.69, 9.17) is 11.6 Å². The molecule has 0 amide bonds. The maximum atomic E-state index is 13.1. The zero-order valence-electron chi connectivity index (χ0n) is 10.3. The Hall–Kier alpha value is -0.890. The van der Waals surface area contributed by atoms with Crippen LogP contribution in [0.2, 0.25) is 5.02 Å². The zero-order chi connectivity index (χ0) is 12.8. The third-order valence-electron chi connectivity index (χ3n) is 2.96. The molecule has 0 spiro atoms. The van der Waals surface area contributed by atoms with E-state index < -0.39 is 5.82 Å². The van der Waals surface area contributed by atoms with E-state index in [2.05, 4.69) is 6.92 Å². The molecule has 0 radical (unpaired) electrons. The summed E-state index contributed by atoms with van der Waals surface area (Å²) >= 11 is 5.94. The molecule has 94 valence electrons. The topological polar surface area (TPSA) is 17.1 Å². The van der Waals surface area contributed by atoms with Gasteiger partial charge in [-0.05, 0) is 31.0 Å². The van der Waals surface area contributed by atoms with Crippen LogP contribution in [0.3, 0.4) is 0 Å². The van der Waals surface area contributed by atoms with Gasteiger partial charge >= 0.3 is 0 Å². The summed E-state index contributed by atoms with van der Waals surface area (Å²) in [6, 6.07) is 3.95. The molecular formula is C14H18ClFO. The lowest BCUT2D eigenvalue weighted by Gasteiger charge is -2.14. The molecule has 0 saturated heterocycles. The summed E-state index contributed by atoms with van der Waals surface area (Å²) < 4.78 is 13.1. The van der Waals surface area contributed by atoms with Crippen LogP contribution in [0.1, 0.15) is 49.9 Å². The second kappa shape index (κ2) is 6.75. The Labute approximate surface area is 107 Å². The fourth-order valence-electron chi connectivity index (χ4n) is 1.88. The van der Waals surface area contributed by atoms with Crippen LogP contribution in [0.4, 0.5) is 4.39 Å². The van der Waals surface area contributed by atoms with Gasteiger partial charge in [-0.2, -0.15) is 0 Å². The van der Waals surface area contributed by atoms with Crippen molar-refractivity contribution in [2.45, 2.75) is 39.5 Å². The van der Waals surface area contributed by atoms with Crippen LogP contribution in [0.15, 0.2) is 18.2 Å². The molecule has 1 aromatic rings. The number of rotatable bonds is 6. The third kappa shape index (κ3) is 3.81. The highest BCUT2D eigenvalue weighted by atomic mass is 35.5. The number of ketones is 1. The monoisotopic (exact) mass is 256 g/mol. The molecule has 0 aliphatic heterocycles. The lowest BCUT2D eigenvalue weighted by molar-refractivity contribution is 0.0908. The first kappa shape index (κ1) is 14.2. The summed E-state index contributed by atoms with van der Waals surface area (Å²) in [5.41, 5.74) is 0.314. The van der Waals surface area contributed by atoms with E-state index in [1.807, 2.05) is 6.92 Å². The molecule has 0 aromatic heterocycles. The van der Waals surface area contributed by atoms with E-state index in [1.165, 1.54) is 18.2 Å². The lowest BCUT2D eigenvalue weighted by Crippen LogP contribution is -2.14. The predicted molar refractivity (Wildman–Crippen MR) is 69.0 cm³/mol. The summed E-state index contributed by atoms with van der Waals surface area (Å²) in [4.78, 5) is 12.2. The fourth-order valence-corrected chi connectivity index (χ4v) is 2.09. The van der Waals surface area contributed by atoms with Gasteiger partial charge in [-0.3, -0.25) is 4.79 Å². The van der Waals surface area contributed by atoms with E-state index in [9.17, 15) is 9.18 Å². The summed E-state index contributed by atoms with van der Waals surface area (Å²) in [5, 5.41) is 0.339. The molecule has 0 aliphatic carbocycles. The molecule has 17 heavy (non-hydrogen) atoms. The Kier molecular flexibility index (Phi) is 5.63. The highest BCUT2D eigenvalue weighted by Crippen LogP contribution is 2.24. The van der Waals surface area contributed by atoms with E-state index >= 15 is 0 Å². The van der Waals surface area contributed by atoms with Crippen LogP contribution in [0, 0.1) is 11.7 Å². The maximum absolute atomic E-state index is 13.1. The van der Waals surface area contributed by atoms with Crippen molar-refractivity contribution < 1.29 is 9.18 Å². The number of Topliss-reactive ketones (excluding diaryl/α,β-unsaturated/α-hetero) is 1. The lowest BCUT2D eigenvalue weighted by atomic mass is 9.90. The number of benzene rings is 1. The number of hydrogen-bond donors (Lipinski definition) is 0. The second-order valence-corrected chi connectivity index (χ2v) is 4.64. The van der Waals surface area contributed by atoms with Crippen LogP contribution in [0.25, 0.3) is 0 Å². The summed E-state index contributed by atoms with van der Waals surface area (Å²) in [6.45, 7) is 4.07. The van der Waals surface area contributed by atoms with E-state index in [0.29, 0.717) is 10.6 Å². The van der Waals surface area contributed by atoms with Gasteiger partial charge in [0.05, 0.1) is 5.02 Å². The van der Waals surface area contributed by atoms with Crippen molar-refractivity contribution in [2.24, 2.45) is 5.92 Å². The summed E-state index contributed by atoms with van der Waals surface area (Å²) in [6.07, 6.45) is 3.68. The van der Waals surface area contributed by atoms with Crippen LogP contribution in [0.5, 0.6) is 0 Å². The molecule has 1 atom stereocenters. The molecule has 1 rings (SSSR count). The first-order valence-electron chi connectivity index (χ1n) is 6.09. The molecule has 0 N–H and O–H groups in total. The minimum atomic E-state index is -0.414. The molecule has 0 heterocycles. The minimum absolute atomic E-state index is 0.0366. The number of unbranched alkanes of at least 4 members (excludes halogenated alkanes) is 1. The smallest absolute Gasteiger partial charge is 0.167 e. The number of halogens is 2. The number of hydrogen-bond acceptors (Lipinski definition) is 1. The zero-order valence-corrected chi connectivity index (χ0v) is 11.1. The van der Waals surface area contributed by atoms with Gasteiger partial charge in [0.1, 0.15) is 5.82 Å². The molecule has 3 heteroatoms. The van der Waals surface area contributed by atoms with E-state index in [0.717, 1.165) is 25.7 Å². The highest BCUT2D eigenvalue weighted by molar-refractivity contribution is 6.34. The first-order valence-corrected chi connectivity index (χ1v) is 6.47. The minimum Gasteiger partial charge on any atom is -0.294 e. The molecule has 0 fully saturated rings. The Bertz CT molecular complexity index is 390. The summed E-state index contributed by atoms with van der Waals surface area (Å²) in [7, 11) is 0. The quantitative estimate of drug-likeness (QED) is 0.663. The normalized spacial score (nSPS) is 12.5. The van der Waals surface area contributed by atoms with Gasteiger partial charge in [-0.1, -0.05) is 38.3 Å². The molecule has 0 aliphatic rings. The molecule has 0 saturated carbocycles. The van der Waals surface area contributed by atoms with Gasteiger partial charge < -0.3 is 0 Å². The standard InChI is InChI=1S/C14H18ClFO/c1-3-5-6-10(4-2)14(17)12-9-11(16)7-8-13(12)15/h7-10H,3-6H2,1-2H3. The average molecular weight is 257 g/mol. The van der Waals surface area contributed by atoms with Gasteiger partial charge in [0.25, 0.3) is 0 Å². The van der Waals surface area contributed by atoms with Crippen LogP contribution in [-0.2, 0) is 0 Å². The predicted octanol–water partition coefficient (Wildman–Crippen LogP) is 4.88. The van der Waals surface area contributed by atoms with Gasteiger partial charge in [0, 0.05) is 11.5 Å². The molecule has 1 nitrogen and oxygen atoms in total. The Morgan fingerprint density at radius 1 is 1.41 bits per heavy atom. The highest BCUT2D eigenvalue weighted by Gasteiger charge is 2.20. The van der Waals surface area contributed by atoms with E-state index in [1.54, 1.807) is 0 Å². The first-order chi connectivity index (χ1) is 8.10. The molecule has 1 unspecified atom stereocenters. The Morgan fingerprint density at radius 2 is 2.12 bits per heavy atom. The van der Waals surface area contributed by atoms with Gasteiger partial charge in [0.15, 0.2) is 5.78 Å². The van der Waals surface area contributed by atoms with Crippen molar-refractivity contribution in [3.63, 3.8) is 0 Å². The van der Waals surface area contributed by atoms with Crippen LogP contribution in [-0.4, -0.2) is 5.78 Å². The summed E-state index contributed by atoms with van der Waals surface area (Å²) in [5.74, 6) is -0.497. The number of carbonyl (C=O) groups excluding carboxylic acids is 1. The third-order valence-corrected chi connectivity index (χ3v) is 3.29. The van der Waals surface area contributed by atoms with Gasteiger partial charge in [-0.15, -0.1) is 0 Å². The van der Waals surface area contributed by atoms with Gasteiger partial charge in [-0.25, -0.2) is 4.39 Å². The SMILES string of the molecule is CCCCC(CC)C(=O)c1cc(F)ccc1Cl. The maximum Gasteiger partial charge on any atom is 0.167 e. The Balaban J connectivity index is 2.89. The molecular weight excluding hydrogens is 239 g/mol. The largest absolute Gasteiger partial charge is 0.294 e. The van der Waals surface area contributed by atoms with E-state index in [-0.39, 0.29) is 11.7 Å². The molecule has 0 bridgehead atoms. The van der Waals surface area contributed by atoms with Gasteiger partial charge in [0.2, 0.25) is 0 Å². The van der Waals surface area contributed by atoms with Crippen molar-refractivity contribution >= 4 is 17.4 Å². The van der Waals surface area contributed by atoms with Crippen molar-refractivity contribution in [1.82, 2.24) is 0 Å². The van der Waals surface area contributed by atoms with Crippen LogP contribution < -0.4 is 0 Å². The Morgan fingerprint density at radius 3 is 2.71 bits per heavy atom. The fraction of sp³-hybridized carbons (Fsp3) is 0.500. The van der Waals surface area contributed by atoms with Crippen molar-refractivity contribution in [3.05, 3.63) is 34.6 Å². The average Bonchev–Trinajstić information content (AvgIpc) is 2.33.